The topological polar surface area (TPSA) is 72.8 Å². The summed E-state index contributed by atoms with van der Waals surface area (Å²) in [4.78, 5) is 24.5. The van der Waals surface area contributed by atoms with Crippen LogP contribution in [0.4, 0.5) is 0 Å². The minimum Gasteiger partial charge on any atom is -0.462 e. The molecule has 1 unspecified atom stereocenters. The summed E-state index contributed by atoms with van der Waals surface area (Å²) in [5, 5.41) is 9.65. The number of carbonyl (C=O) groups is 2. The maximum atomic E-state index is 12.3. The quantitative estimate of drug-likeness (QED) is 0.0374. The van der Waals surface area contributed by atoms with E-state index in [-0.39, 0.29) is 25.2 Å². The standard InChI is InChI=1S/C63H116O5/c1-3-5-7-9-11-13-15-17-19-21-22-23-24-25-26-27-28-29-30-31-32-33-34-35-36-37-38-39-40-42-44-46-48-50-52-54-56-58-63(66)68-61(59-64)60-67-62(65)57-55-53-51-49-47-45-43-41-20-18-16-14-12-10-8-6-4-2/h12,14-15,17-18,20-22,61,64H,3-11,13,16,19,23-60H2,1-2H3/b14-12-,17-15-,20-18-,22-21-. The van der Waals surface area contributed by atoms with Gasteiger partial charge in [-0.05, 0) is 77.0 Å². The van der Waals surface area contributed by atoms with Gasteiger partial charge >= 0.3 is 11.9 Å². The van der Waals surface area contributed by atoms with E-state index in [1.807, 2.05) is 0 Å². The Morgan fingerprint density at radius 3 is 0.897 bits per heavy atom. The predicted octanol–water partition coefficient (Wildman–Crippen LogP) is 20.4. The van der Waals surface area contributed by atoms with Crippen LogP contribution in [0.2, 0.25) is 0 Å². The highest BCUT2D eigenvalue weighted by Gasteiger charge is 2.16. The maximum Gasteiger partial charge on any atom is 0.306 e. The van der Waals surface area contributed by atoms with Crippen molar-refractivity contribution in [1.29, 1.82) is 0 Å². The van der Waals surface area contributed by atoms with Gasteiger partial charge in [0.05, 0.1) is 6.61 Å². The van der Waals surface area contributed by atoms with Crippen LogP contribution in [0.5, 0.6) is 0 Å². The predicted molar refractivity (Wildman–Crippen MR) is 297 cm³/mol. The summed E-state index contributed by atoms with van der Waals surface area (Å²) in [7, 11) is 0. The van der Waals surface area contributed by atoms with Crippen molar-refractivity contribution in [3.05, 3.63) is 48.6 Å². The van der Waals surface area contributed by atoms with Gasteiger partial charge in [-0.1, -0.05) is 281 Å². The maximum absolute atomic E-state index is 12.3. The number of carbonyl (C=O) groups excluding carboxylic acids is 2. The SMILES string of the molecule is CCCCC/C=C\C/C=C\CCCCCCCCCC(=O)OCC(CO)OC(=O)CCCCCCCCCCCCCCCCCCCCCCCCCCC/C=C\C/C=C\CCCCCCC. The summed E-state index contributed by atoms with van der Waals surface area (Å²) in [5.74, 6) is -0.585. The Balaban J connectivity index is 3.39. The number of esters is 2. The molecule has 5 nitrogen and oxygen atoms in total. The molecule has 0 bridgehead atoms. The van der Waals surface area contributed by atoms with Gasteiger partial charge in [0.2, 0.25) is 0 Å². The van der Waals surface area contributed by atoms with Crippen molar-refractivity contribution < 1.29 is 24.2 Å². The van der Waals surface area contributed by atoms with E-state index in [4.69, 9.17) is 9.47 Å². The summed E-state index contributed by atoms with van der Waals surface area (Å²) in [6, 6.07) is 0. The number of ether oxygens (including phenoxy) is 2. The summed E-state index contributed by atoms with van der Waals surface area (Å²) < 4.78 is 10.7. The fourth-order valence-corrected chi connectivity index (χ4v) is 9.03. The molecule has 0 rings (SSSR count). The first-order valence-electron chi connectivity index (χ1n) is 30.2. The van der Waals surface area contributed by atoms with Crippen molar-refractivity contribution in [3.8, 4) is 0 Å². The van der Waals surface area contributed by atoms with Crippen LogP contribution in [0, 0.1) is 0 Å². The van der Waals surface area contributed by atoms with Gasteiger partial charge < -0.3 is 14.6 Å². The lowest BCUT2D eigenvalue weighted by molar-refractivity contribution is -0.161. The van der Waals surface area contributed by atoms with Gasteiger partial charge in [0, 0.05) is 12.8 Å². The highest BCUT2D eigenvalue weighted by molar-refractivity contribution is 5.70. The third-order valence-electron chi connectivity index (χ3n) is 13.6. The highest BCUT2D eigenvalue weighted by Crippen LogP contribution is 2.17. The second-order valence-electron chi connectivity index (χ2n) is 20.4. The Morgan fingerprint density at radius 1 is 0.338 bits per heavy atom. The minimum atomic E-state index is -0.774. The van der Waals surface area contributed by atoms with E-state index < -0.39 is 6.10 Å². The van der Waals surface area contributed by atoms with Crippen molar-refractivity contribution in [1.82, 2.24) is 0 Å². The monoisotopic (exact) mass is 953 g/mol. The second kappa shape index (κ2) is 59.2. The van der Waals surface area contributed by atoms with Crippen LogP contribution in [0.25, 0.3) is 0 Å². The zero-order valence-corrected chi connectivity index (χ0v) is 45.6. The number of hydrogen-bond donors (Lipinski definition) is 1. The van der Waals surface area contributed by atoms with Gasteiger partial charge in [-0.3, -0.25) is 9.59 Å². The zero-order chi connectivity index (χ0) is 49.2. The Morgan fingerprint density at radius 2 is 0.588 bits per heavy atom. The Labute approximate surface area is 424 Å². The molecule has 0 aliphatic heterocycles. The van der Waals surface area contributed by atoms with E-state index in [2.05, 4.69) is 62.5 Å². The van der Waals surface area contributed by atoms with Gasteiger partial charge in [-0.2, -0.15) is 0 Å². The van der Waals surface area contributed by atoms with Crippen LogP contribution in [0.1, 0.15) is 322 Å². The molecule has 0 radical (unpaired) electrons. The second-order valence-corrected chi connectivity index (χ2v) is 20.4. The molecule has 0 heterocycles. The van der Waals surface area contributed by atoms with E-state index in [1.54, 1.807) is 0 Å². The largest absolute Gasteiger partial charge is 0.462 e. The number of aliphatic hydroxyl groups is 1. The first-order valence-corrected chi connectivity index (χ1v) is 30.2. The van der Waals surface area contributed by atoms with E-state index in [0.717, 1.165) is 51.4 Å². The molecular formula is C63H116O5. The van der Waals surface area contributed by atoms with Gasteiger partial charge in [0.25, 0.3) is 0 Å². The van der Waals surface area contributed by atoms with E-state index in [0.29, 0.717) is 12.8 Å². The number of rotatable bonds is 56. The fraction of sp³-hybridized carbons (Fsp3) is 0.841. The van der Waals surface area contributed by atoms with Crippen molar-refractivity contribution in [2.24, 2.45) is 0 Å². The van der Waals surface area contributed by atoms with Crippen LogP contribution in [0.3, 0.4) is 0 Å². The average molecular weight is 954 g/mol. The van der Waals surface area contributed by atoms with Crippen LogP contribution in [-0.2, 0) is 19.1 Å². The lowest BCUT2D eigenvalue weighted by Gasteiger charge is -2.15. The molecule has 0 aliphatic carbocycles. The summed E-state index contributed by atoms with van der Waals surface area (Å²) in [6.45, 7) is 4.13. The summed E-state index contributed by atoms with van der Waals surface area (Å²) >= 11 is 0. The molecule has 0 aromatic rings. The normalized spacial score (nSPS) is 12.5. The summed E-state index contributed by atoms with van der Waals surface area (Å²) in [6.07, 6.45) is 78.3. The van der Waals surface area contributed by atoms with Crippen molar-refractivity contribution >= 4 is 11.9 Å². The van der Waals surface area contributed by atoms with Crippen molar-refractivity contribution in [3.63, 3.8) is 0 Å². The van der Waals surface area contributed by atoms with Gasteiger partial charge in [-0.15, -0.1) is 0 Å². The molecule has 1 atom stereocenters. The first kappa shape index (κ1) is 65.9. The molecule has 5 heteroatoms. The molecule has 0 fully saturated rings. The number of aliphatic hydroxyl groups excluding tert-OH is 1. The fourth-order valence-electron chi connectivity index (χ4n) is 9.03. The van der Waals surface area contributed by atoms with Crippen molar-refractivity contribution in [2.75, 3.05) is 13.2 Å². The first-order chi connectivity index (χ1) is 33.6. The van der Waals surface area contributed by atoms with Gasteiger partial charge in [0.1, 0.15) is 6.61 Å². The van der Waals surface area contributed by atoms with Crippen molar-refractivity contribution in [2.45, 2.75) is 328 Å². The van der Waals surface area contributed by atoms with E-state index in [9.17, 15) is 14.7 Å². The molecule has 0 saturated carbocycles. The number of hydrogen-bond acceptors (Lipinski definition) is 5. The molecular weight excluding hydrogens is 837 g/mol. The number of unbranched alkanes of at least 4 members (excludes halogenated alkanes) is 40. The average Bonchev–Trinajstić information content (AvgIpc) is 3.34. The molecule has 68 heavy (non-hydrogen) atoms. The van der Waals surface area contributed by atoms with Crippen LogP contribution in [-0.4, -0.2) is 36.4 Å². The lowest BCUT2D eigenvalue weighted by Crippen LogP contribution is -2.28. The van der Waals surface area contributed by atoms with Crippen LogP contribution in [0.15, 0.2) is 48.6 Å². The minimum absolute atomic E-state index is 0.0667. The molecule has 0 saturated heterocycles. The van der Waals surface area contributed by atoms with Crippen LogP contribution >= 0.6 is 0 Å². The molecule has 0 amide bonds. The smallest absolute Gasteiger partial charge is 0.306 e. The Kier molecular flexibility index (Phi) is 57.3. The molecule has 1 N–H and O–H groups in total. The van der Waals surface area contributed by atoms with Crippen LogP contribution < -0.4 is 0 Å². The molecule has 0 aromatic carbocycles. The number of allylic oxidation sites excluding steroid dienone is 8. The molecule has 0 aromatic heterocycles. The zero-order valence-electron chi connectivity index (χ0n) is 45.6. The lowest BCUT2D eigenvalue weighted by atomic mass is 10.0. The summed E-state index contributed by atoms with van der Waals surface area (Å²) in [5.41, 5.74) is 0. The Hall–Kier alpha value is -2.14. The Bertz CT molecular complexity index is 1120. The highest BCUT2D eigenvalue weighted by atomic mass is 16.6. The van der Waals surface area contributed by atoms with Gasteiger partial charge in [-0.25, -0.2) is 0 Å². The third-order valence-corrected chi connectivity index (χ3v) is 13.6. The van der Waals surface area contributed by atoms with E-state index >= 15 is 0 Å². The molecule has 0 spiro atoms. The van der Waals surface area contributed by atoms with E-state index in [1.165, 1.54) is 244 Å². The molecule has 398 valence electrons. The van der Waals surface area contributed by atoms with Gasteiger partial charge in [0.15, 0.2) is 6.10 Å². The third kappa shape index (κ3) is 56.4. The molecule has 0 aliphatic rings.